The fourth-order valence-corrected chi connectivity index (χ4v) is 3.16. The second-order valence-electron chi connectivity index (χ2n) is 6.35. The van der Waals surface area contributed by atoms with Gasteiger partial charge in [-0.05, 0) is 37.3 Å². The Kier molecular flexibility index (Phi) is 9.04. The number of rotatable bonds is 10. The third kappa shape index (κ3) is 5.76. The minimum Gasteiger partial charge on any atom is -0.493 e. The Labute approximate surface area is 191 Å². The maximum atomic E-state index is 13.5. The van der Waals surface area contributed by atoms with Gasteiger partial charge in [0.05, 0.1) is 32.1 Å². The number of nitrogens with zero attached hydrogens (tertiary/aromatic N) is 1. The van der Waals surface area contributed by atoms with Gasteiger partial charge in [-0.1, -0.05) is 23.7 Å². The molecule has 7 nitrogen and oxygen atoms in total. The molecule has 0 unspecified atom stereocenters. The van der Waals surface area contributed by atoms with Gasteiger partial charge in [0.25, 0.3) is 5.91 Å². The van der Waals surface area contributed by atoms with Crippen molar-refractivity contribution in [2.45, 2.75) is 6.92 Å². The molecule has 0 aliphatic rings. The van der Waals surface area contributed by atoms with Crippen LogP contribution in [0.2, 0.25) is 5.02 Å². The molecule has 168 valence electrons. The van der Waals surface area contributed by atoms with Crippen LogP contribution < -0.4 is 14.4 Å². The monoisotopic (exact) mass is 457 g/mol. The van der Waals surface area contributed by atoms with Crippen molar-refractivity contribution in [3.05, 3.63) is 77.4 Å². The first kappa shape index (κ1) is 24.7. The van der Waals surface area contributed by atoms with Crippen LogP contribution in [0.25, 0.3) is 0 Å². The Morgan fingerprint density at radius 3 is 2.44 bits per heavy atom. The largest absolute Gasteiger partial charge is 0.493 e. The van der Waals surface area contributed by atoms with E-state index in [1.165, 1.54) is 31.3 Å². The van der Waals surface area contributed by atoms with Crippen molar-refractivity contribution in [1.29, 1.82) is 0 Å². The third-order valence-corrected chi connectivity index (χ3v) is 4.60. The highest BCUT2D eigenvalue weighted by Gasteiger charge is 2.24. The molecule has 0 aliphatic heterocycles. The van der Waals surface area contributed by atoms with Gasteiger partial charge in [-0.15, -0.1) is 6.58 Å². The molecule has 32 heavy (non-hydrogen) atoms. The van der Waals surface area contributed by atoms with Gasteiger partial charge in [-0.25, -0.2) is 4.79 Å². The molecule has 0 saturated heterocycles. The molecular formula is C24H24ClNO6. The van der Waals surface area contributed by atoms with Gasteiger partial charge in [0.1, 0.15) is 0 Å². The number of halogens is 1. The minimum absolute atomic E-state index is 0.0865. The maximum absolute atomic E-state index is 13.5. The number of carbonyl (C=O) groups is 3. The lowest BCUT2D eigenvalue weighted by Crippen LogP contribution is -2.31. The standard InChI is InChI=1S/C24H24ClNO6/c1-5-14-26(21(27)12-13-22(28)32-6-2)19-11-10-16(25)15-18(19)23(29)17-8-7-9-20(30-3)24(17)31-4/h5,7-13,15H,1,6,14H2,2-4H3. The van der Waals surface area contributed by atoms with Crippen LogP contribution in [0.3, 0.4) is 0 Å². The zero-order valence-electron chi connectivity index (χ0n) is 18.1. The summed E-state index contributed by atoms with van der Waals surface area (Å²) >= 11 is 6.17. The van der Waals surface area contributed by atoms with Crippen LogP contribution in [0.4, 0.5) is 5.69 Å². The first-order valence-electron chi connectivity index (χ1n) is 9.70. The topological polar surface area (TPSA) is 82.1 Å². The molecule has 0 saturated carbocycles. The Bertz CT molecular complexity index is 1050. The van der Waals surface area contributed by atoms with Gasteiger partial charge >= 0.3 is 5.97 Å². The van der Waals surface area contributed by atoms with E-state index < -0.39 is 17.7 Å². The molecule has 0 bridgehead atoms. The SMILES string of the molecule is C=CCN(C(=O)C=CC(=O)OCC)c1ccc(Cl)cc1C(=O)c1cccc(OC)c1OC. The van der Waals surface area contributed by atoms with Crippen molar-refractivity contribution in [3.63, 3.8) is 0 Å². The van der Waals surface area contributed by atoms with Gasteiger partial charge in [-0.3, -0.25) is 9.59 Å². The number of esters is 1. The Morgan fingerprint density at radius 1 is 1.06 bits per heavy atom. The molecule has 2 aromatic rings. The fraction of sp³-hybridized carbons (Fsp3) is 0.208. The second-order valence-corrected chi connectivity index (χ2v) is 6.79. The minimum atomic E-state index is -0.645. The lowest BCUT2D eigenvalue weighted by molar-refractivity contribution is -0.137. The summed E-state index contributed by atoms with van der Waals surface area (Å²) in [5.41, 5.74) is 0.704. The highest BCUT2D eigenvalue weighted by atomic mass is 35.5. The normalized spacial score (nSPS) is 10.5. The number of ether oxygens (including phenoxy) is 3. The molecule has 2 rings (SSSR count). The summed E-state index contributed by atoms with van der Waals surface area (Å²) in [6.07, 6.45) is 3.62. The van der Waals surface area contributed by atoms with Gasteiger partial charge < -0.3 is 19.1 Å². The number of ketones is 1. The van der Waals surface area contributed by atoms with E-state index >= 15 is 0 Å². The predicted octanol–water partition coefficient (Wildman–Crippen LogP) is 4.23. The van der Waals surface area contributed by atoms with E-state index in [-0.39, 0.29) is 30.0 Å². The van der Waals surface area contributed by atoms with E-state index in [0.29, 0.717) is 16.5 Å². The van der Waals surface area contributed by atoms with Crippen molar-refractivity contribution >= 4 is 34.9 Å². The highest BCUT2D eigenvalue weighted by Crippen LogP contribution is 2.35. The quantitative estimate of drug-likeness (QED) is 0.230. The van der Waals surface area contributed by atoms with E-state index in [0.717, 1.165) is 12.2 Å². The lowest BCUT2D eigenvalue weighted by Gasteiger charge is -2.23. The molecule has 0 aliphatic carbocycles. The summed E-state index contributed by atoms with van der Waals surface area (Å²) in [6.45, 7) is 5.61. The van der Waals surface area contributed by atoms with Crippen molar-refractivity contribution in [2.24, 2.45) is 0 Å². The van der Waals surface area contributed by atoms with Crippen LogP contribution in [0.5, 0.6) is 11.5 Å². The molecule has 2 aromatic carbocycles. The molecule has 1 amide bonds. The van der Waals surface area contributed by atoms with Crippen LogP contribution >= 0.6 is 11.6 Å². The van der Waals surface area contributed by atoms with Crippen LogP contribution in [-0.4, -0.2) is 45.0 Å². The van der Waals surface area contributed by atoms with Crippen molar-refractivity contribution in [1.82, 2.24) is 0 Å². The Hall–Kier alpha value is -3.58. The van der Waals surface area contributed by atoms with Crippen molar-refractivity contribution in [2.75, 3.05) is 32.3 Å². The number of para-hydroxylation sites is 1. The number of methoxy groups -OCH3 is 2. The Balaban J connectivity index is 2.56. The smallest absolute Gasteiger partial charge is 0.330 e. The van der Waals surface area contributed by atoms with Gasteiger partial charge in [0.15, 0.2) is 17.3 Å². The molecule has 0 fully saturated rings. The zero-order chi connectivity index (χ0) is 23.7. The number of hydrogen-bond donors (Lipinski definition) is 0. The summed E-state index contributed by atoms with van der Waals surface area (Å²) in [5, 5.41) is 0.312. The summed E-state index contributed by atoms with van der Waals surface area (Å²) < 4.78 is 15.5. The first-order valence-corrected chi connectivity index (χ1v) is 10.1. The molecule has 8 heteroatoms. The van der Waals surface area contributed by atoms with Gasteiger partial charge in [-0.2, -0.15) is 0 Å². The van der Waals surface area contributed by atoms with Crippen LogP contribution in [-0.2, 0) is 14.3 Å². The number of benzene rings is 2. The fourth-order valence-electron chi connectivity index (χ4n) is 2.99. The Morgan fingerprint density at radius 2 is 1.81 bits per heavy atom. The molecule has 0 heterocycles. The average molecular weight is 458 g/mol. The lowest BCUT2D eigenvalue weighted by atomic mass is 9.99. The summed E-state index contributed by atoms with van der Waals surface area (Å²) in [4.78, 5) is 39.3. The molecule has 0 radical (unpaired) electrons. The summed E-state index contributed by atoms with van der Waals surface area (Å²) in [7, 11) is 2.90. The van der Waals surface area contributed by atoms with Crippen molar-refractivity contribution in [3.8, 4) is 11.5 Å². The zero-order valence-corrected chi connectivity index (χ0v) is 18.8. The number of anilines is 1. The van der Waals surface area contributed by atoms with Crippen LogP contribution in [0.1, 0.15) is 22.8 Å². The summed E-state index contributed by atoms with van der Waals surface area (Å²) in [6, 6.07) is 9.51. The van der Waals surface area contributed by atoms with E-state index in [1.54, 1.807) is 37.3 Å². The van der Waals surface area contributed by atoms with Gasteiger partial charge in [0, 0.05) is 29.3 Å². The van der Waals surface area contributed by atoms with E-state index in [2.05, 4.69) is 6.58 Å². The number of hydrogen-bond acceptors (Lipinski definition) is 6. The van der Waals surface area contributed by atoms with Crippen LogP contribution in [0.15, 0.2) is 61.2 Å². The molecule has 0 N–H and O–H groups in total. The number of amides is 1. The maximum Gasteiger partial charge on any atom is 0.330 e. The third-order valence-electron chi connectivity index (χ3n) is 4.37. The number of carbonyl (C=O) groups excluding carboxylic acids is 3. The van der Waals surface area contributed by atoms with Crippen LogP contribution in [0, 0.1) is 0 Å². The van der Waals surface area contributed by atoms with E-state index in [4.69, 9.17) is 25.8 Å². The average Bonchev–Trinajstić information content (AvgIpc) is 2.80. The highest BCUT2D eigenvalue weighted by molar-refractivity contribution is 6.31. The van der Waals surface area contributed by atoms with E-state index in [9.17, 15) is 14.4 Å². The predicted molar refractivity (Wildman–Crippen MR) is 123 cm³/mol. The van der Waals surface area contributed by atoms with Crippen molar-refractivity contribution < 1.29 is 28.6 Å². The first-order chi connectivity index (χ1) is 15.4. The second kappa shape index (κ2) is 11.7. The molecule has 0 spiro atoms. The van der Waals surface area contributed by atoms with Gasteiger partial charge in [0.2, 0.25) is 0 Å². The molecule has 0 atom stereocenters. The molecular weight excluding hydrogens is 434 g/mol. The molecule has 0 aromatic heterocycles. The summed E-state index contributed by atoms with van der Waals surface area (Å²) in [5.74, 6) is -0.956. The van der Waals surface area contributed by atoms with E-state index in [1.807, 2.05) is 0 Å².